The number of rotatable bonds is 7. The number of carbonyl (C=O) groups excluding carboxylic acids is 1. The zero-order valence-corrected chi connectivity index (χ0v) is 18.0. The van der Waals surface area contributed by atoms with Crippen LogP contribution in [0.1, 0.15) is 29.0 Å². The van der Waals surface area contributed by atoms with Gasteiger partial charge in [0.2, 0.25) is 0 Å². The van der Waals surface area contributed by atoms with Crippen LogP contribution in [0.15, 0.2) is 36.7 Å². The highest BCUT2D eigenvalue weighted by atomic mass is 19.4. The second-order valence-electron chi connectivity index (χ2n) is 7.33. The largest absolute Gasteiger partial charge is 0.496 e. The molecule has 2 aromatic heterocycles. The molecule has 1 N–H and O–H groups in total. The number of hydrogen-bond acceptors (Lipinski definition) is 6. The number of methoxy groups -OCH3 is 2. The number of ether oxygens (including phenoxy) is 2. The van der Waals surface area contributed by atoms with Gasteiger partial charge >= 0.3 is 6.18 Å². The fraction of sp³-hybridized carbons (Fsp3) is 0.273. The number of halogens is 3. The van der Waals surface area contributed by atoms with Gasteiger partial charge in [0.1, 0.15) is 29.2 Å². The van der Waals surface area contributed by atoms with Gasteiger partial charge in [-0.05, 0) is 25.1 Å². The minimum Gasteiger partial charge on any atom is -0.496 e. The topological polar surface area (TPSA) is 94.9 Å². The summed E-state index contributed by atoms with van der Waals surface area (Å²) in [5, 5.41) is 6.95. The van der Waals surface area contributed by atoms with E-state index in [1.54, 1.807) is 23.0 Å². The fourth-order valence-electron chi connectivity index (χ4n) is 3.52. The van der Waals surface area contributed by atoms with Crippen LogP contribution in [-0.4, -0.2) is 50.9 Å². The number of aromatic amines is 1. The lowest BCUT2D eigenvalue weighted by Crippen LogP contribution is -2.13. The average Bonchev–Trinajstić information content (AvgIpc) is 3.41. The van der Waals surface area contributed by atoms with E-state index in [1.165, 1.54) is 14.2 Å². The number of aryl methyl sites for hydroxylation is 1. The van der Waals surface area contributed by atoms with Crippen LogP contribution >= 0.6 is 0 Å². The van der Waals surface area contributed by atoms with E-state index in [2.05, 4.69) is 20.2 Å². The number of carbonyl (C=O) groups is 1. The first-order valence-corrected chi connectivity index (χ1v) is 9.93. The lowest BCUT2D eigenvalue weighted by atomic mass is 10.0. The molecule has 0 spiro atoms. The highest BCUT2D eigenvalue weighted by Gasteiger charge is 2.30. The zero-order valence-electron chi connectivity index (χ0n) is 18.0. The lowest BCUT2D eigenvalue weighted by molar-refractivity contribution is -0.133. The Kier molecular flexibility index (Phi) is 5.79. The predicted octanol–water partition coefficient (Wildman–Crippen LogP) is 4.66. The van der Waals surface area contributed by atoms with Gasteiger partial charge in [0.05, 0.1) is 37.4 Å². The summed E-state index contributed by atoms with van der Waals surface area (Å²) in [7, 11) is 2.69. The van der Waals surface area contributed by atoms with Gasteiger partial charge in [-0.25, -0.2) is 9.97 Å². The molecule has 33 heavy (non-hydrogen) atoms. The summed E-state index contributed by atoms with van der Waals surface area (Å²) >= 11 is 0. The highest BCUT2D eigenvalue weighted by Crippen LogP contribution is 2.35. The maximum absolute atomic E-state index is 12.6. The molecular weight excluding hydrogens is 439 g/mol. The smallest absolute Gasteiger partial charge is 0.389 e. The lowest BCUT2D eigenvalue weighted by Gasteiger charge is -2.16. The first kappa shape index (κ1) is 22.3. The van der Waals surface area contributed by atoms with E-state index in [0.29, 0.717) is 22.9 Å². The fourth-order valence-corrected chi connectivity index (χ4v) is 3.52. The van der Waals surface area contributed by atoms with E-state index < -0.39 is 24.8 Å². The molecule has 0 amide bonds. The van der Waals surface area contributed by atoms with Crippen LogP contribution in [0.3, 0.4) is 0 Å². The average molecular weight is 459 g/mol. The molecule has 0 fully saturated rings. The number of nitrogens with one attached hydrogen (secondary N) is 1. The van der Waals surface area contributed by atoms with Crippen LogP contribution in [0.25, 0.3) is 28.1 Å². The summed E-state index contributed by atoms with van der Waals surface area (Å²) in [6.45, 7) is 1.81. The molecule has 0 bridgehead atoms. The summed E-state index contributed by atoms with van der Waals surface area (Å²) in [6.07, 6.45) is -4.77. The van der Waals surface area contributed by atoms with E-state index in [1.807, 2.05) is 25.1 Å². The van der Waals surface area contributed by atoms with Gasteiger partial charge < -0.3 is 9.47 Å². The van der Waals surface area contributed by atoms with Gasteiger partial charge in [0, 0.05) is 24.1 Å². The van der Waals surface area contributed by atoms with E-state index >= 15 is 0 Å². The van der Waals surface area contributed by atoms with Crippen molar-refractivity contribution in [3.05, 3.63) is 48.0 Å². The molecule has 2 aromatic carbocycles. The molecule has 2 heterocycles. The molecule has 0 unspecified atom stereocenters. The number of Topliss-reactive ketones (excluding diaryl/α,β-unsaturated/α-hetero) is 1. The third kappa shape index (κ3) is 4.52. The van der Waals surface area contributed by atoms with Crippen molar-refractivity contribution in [2.75, 3.05) is 14.2 Å². The van der Waals surface area contributed by atoms with Crippen molar-refractivity contribution in [1.29, 1.82) is 0 Å². The number of fused-ring (bicyclic) bond motifs is 1. The molecule has 0 aliphatic rings. The Balaban J connectivity index is 1.74. The first-order valence-electron chi connectivity index (χ1n) is 9.93. The third-order valence-corrected chi connectivity index (χ3v) is 5.09. The van der Waals surface area contributed by atoms with Crippen LogP contribution in [0, 0.1) is 6.92 Å². The summed E-state index contributed by atoms with van der Waals surface area (Å²) in [5.74, 6) is 0.764. The summed E-state index contributed by atoms with van der Waals surface area (Å²) < 4.78 is 50.2. The Labute approximate surface area is 186 Å². The number of H-pyrrole nitrogens is 1. The van der Waals surface area contributed by atoms with Crippen LogP contribution < -0.4 is 9.47 Å². The van der Waals surface area contributed by atoms with Crippen molar-refractivity contribution in [3.63, 3.8) is 0 Å². The van der Waals surface area contributed by atoms with Crippen LogP contribution in [-0.2, 0) is 0 Å². The van der Waals surface area contributed by atoms with Crippen molar-refractivity contribution < 1.29 is 27.4 Å². The maximum Gasteiger partial charge on any atom is 0.389 e. The second-order valence-corrected chi connectivity index (χ2v) is 7.33. The van der Waals surface area contributed by atoms with Gasteiger partial charge in [-0.2, -0.15) is 18.3 Å². The molecule has 0 radical (unpaired) electrons. The molecule has 8 nitrogen and oxygen atoms in total. The number of aromatic nitrogens is 5. The molecule has 0 saturated heterocycles. The highest BCUT2D eigenvalue weighted by molar-refractivity contribution is 6.02. The summed E-state index contributed by atoms with van der Waals surface area (Å²) in [6, 6.07) is 8.68. The maximum atomic E-state index is 12.6. The summed E-state index contributed by atoms with van der Waals surface area (Å²) in [5.41, 5.74) is 2.77. The SMILES string of the molecule is COc1cc(-n2cnc3cc(-c4n[nH]c(C)n4)ccc32)cc(OC)c1C(=O)CCC(F)(F)F. The number of alkyl halides is 3. The standard InChI is InChI=1S/C22H20F3N5O3/c1-12-27-21(29-28-12)13-4-5-16-15(8-13)26-11-30(16)14-9-18(32-2)20(19(10-14)33-3)17(31)6-7-22(23,24)25/h4-5,8-11H,6-7H2,1-3H3,(H,27,28,29). The number of nitrogens with zero attached hydrogens (tertiary/aromatic N) is 4. The van der Waals surface area contributed by atoms with E-state index in [9.17, 15) is 18.0 Å². The van der Waals surface area contributed by atoms with Gasteiger partial charge in [0.25, 0.3) is 0 Å². The Morgan fingerprint density at radius 1 is 1.12 bits per heavy atom. The first-order chi connectivity index (χ1) is 15.7. The number of ketones is 1. The summed E-state index contributed by atoms with van der Waals surface area (Å²) in [4.78, 5) is 21.3. The minimum atomic E-state index is -4.44. The van der Waals surface area contributed by atoms with Gasteiger partial charge in [0.15, 0.2) is 11.6 Å². The molecule has 4 rings (SSSR count). The predicted molar refractivity (Wildman–Crippen MR) is 114 cm³/mol. The van der Waals surface area contributed by atoms with Gasteiger partial charge in [-0.1, -0.05) is 0 Å². The minimum absolute atomic E-state index is 0.0281. The van der Waals surface area contributed by atoms with Crippen molar-refractivity contribution in [2.24, 2.45) is 0 Å². The number of imidazole rings is 1. The van der Waals surface area contributed by atoms with Crippen molar-refractivity contribution >= 4 is 16.8 Å². The molecule has 0 aliphatic carbocycles. The molecular formula is C22H20F3N5O3. The van der Waals surface area contributed by atoms with Crippen LogP contribution in [0.2, 0.25) is 0 Å². The normalized spacial score (nSPS) is 11.7. The molecule has 11 heteroatoms. The molecule has 172 valence electrons. The Bertz CT molecular complexity index is 1300. The van der Waals surface area contributed by atoms with Crippen LogP contribution in [0.5, 0.6) is 11.5 Å². The molecule has 0 saturated carbocycles. The number of benzene rings is 2. The van der Waals surface area contributed by atoms with E-state index in [0.717, 1.165) is 11.1 Å². The zero-order chi connectivity index (χ0) is 23.8. The van der Waals surface area contributed by atoms with Crippen molar-refractivity contribution in [1.82, 2.24) is 24.7 Å². The molecule has 0 atom stereocenters. The van der Waals surface area contributed by atoms with Crippen LogP contribution in [0.4, 0.5) is 13.2 Å². The van der Waals surface area contributed by atoms with E-state index in [-0.39, 0.29) is 17.1 Å². The number of hydrogen-bond donors (Lipinski definition) is 1. The Hall–Kier alpha value is -3.89. The second kappa shape index (κ2) is 8.57. The molecule has 0 aliphatic heterocycles. The van der Waals surface area contributed by atoms with Gasteiger partial charge in [-0.3, -0.25) is 14.5 Å². The van der Waals surface area contributed by atoms with Crippen molar-refractivity contribution in [2.45, 2.75) is 25.9 Å². The van der Waals surface area contributed by atoms with E-state index in [4.69, 9.17) is 9.47 Å². The Morgan fingerprint density at radius 2 is 1.82 bits per heavy atom. The molecule has 4 aromatic rings. The monoisotopic (exact) mass is 459 g/mol. The quantitative estimate of drug-likeness (QED) is 0.404. The van der Waals surface area contributed by atoms with Gasteiger partial charge in [-0.15, -0.1) is 0 Å². The Morgan fingerprint density at radius 3 is 2.39 bits per heavy atom. The van der Waals surface area contributed by atoms with Crippen molar-refractivity contribution in [3.8, 4) is 28.6 Å². The third-order valence-electron chi connectivity index (χ3n) is 5.09.